The molecule has 0 aliphatic heterocycles. The summed E-state index contributed by atoms with van der Waals surface area (Å²) in [4.78, 5) is 0. The minimum atomic E-state index is 1.10. The van der Waals surface area contributed by atoms with E-state index >= 15 is 0 Å². The first-order valence-electron chi connectivity index (χ1n) is 8.31. The van der Waals surface area contributed by atoms with Gasteiger partial charge in [0, 0.05) is 20.9 Å². The fourth-order valence-corrected chi connectivity index (χ4v) is 3.68. The summed E-state index contributed by atoms with van der Waals surface area (Å²) in [6, 6.07) is 23.7. The molecule has 0 aliphatic carbocycles. The Kier molecular flexibility index (Phi) is 4.06. The maximum absolute atomic E-state index is 3.98. The van der Waals surface area contributed by atoms with E-state index in [0.29, 0.717) is 0 Å². The molecule has 0 atom stereocenters. The van der Waals surface area contributed by atoms with Gasteiger partial charge in [0.15, 0.2) is 0 Å². The standard InChI is InChI=1S/C23H18BrN/c1-3-19(4-2)25-22-8-6-5-7-20(22)21-15-17(11-14-23(21)25)16-9-12-18(24)13-10-16/h3-15H,1H2,2H3/b19-4+. The van der Waals surface area contributed by atoms with Crippen molar-refractivity contribution in [3.8, 4) is 11.1 Å². The van der Waals surface area contributed by atoms with E-state index in [2.05, 4.69) is 99.9 Å². The van der Waals surface area contributed by atoms with Crippen LogP contribution >= 0.6 is 15.9 Å². The van der Waals surface area contributed by atoms with Gasteiger partial charge in [-0.25, -0.2) is 0 Å². The number of hydrogen-bond acceptors (Lipinski definition) is 0. The molecule has 1 aromatic heterocycles. The number of para-hydroxylation sites is 1. The van der Waals surface area contributed by atoms with E-state index in [0.717, 1.165) is 10.2 Å². The van der Waals surface area contributed by atoms with Crippen molar-refractivity contribution in [2.75, 3.05) is 0 Å². The Morgan fingerprint density at radius 3 is 2.28 bits per heavy atom. The molecule has 1 nitrogen and oxygen atoms in total. The normalized spacial score (nSPS) is 12.0. The Morgan fingerprint density at radius 1 is 0.880 bits per heavy atom. The van der Waals surface area contributed by atoms with Crippen LogP contribution in [0.25, 0.3) is 38.6 Å². The van der Waals surface area contributed by atoms with Crippen LogP contribution in [0.4, 0.5) is 0 Å². The molecule has 2 heteroatoms. The van der Waals surface area contributed by atoms with E-state index in [1.807, 2.05) is 13.0 Å². The highest BCUT2D eigenvalue weighted by Crippen LogP contribution is 2.35. The lowest BCUT2D eigenvalue weighted by molar-refractivity contribution is 1.23. The number of allylic oxidation sites excluding steroid dienone is 3. The van der Waals surface area contributed by atoms with Crippen LogP contribution in [0.1, 0.15) is 6.92 Å². The number of nitrogens with zero attached hydrogens (tertiary/aromatic N) is 1. The van der Waals surface area contributed by atoms with Crippen LogP contribution in [0.5, 0.6) is 0 Å². The van der Waals surface area contributed by atoms with Gasteiger partial charge < -0.3 is 4.57 Å². The van der Waals surface area contributed by atoms with Crippen LogP contribution in [0.3, 0.4) is 0 Å². The molecule has 0 radical (unpaired) electrons. The molecule has 4 rings (SSSR count). The third kappa shape index (κ3) is 2.63. The fourth-order valence-electron chi connectivity index (χ4n) is 3.41. The Balaban J connectivity index is 2.04. The van der Waals surface area contributed by atoms with Gasteiger partial charge in [0.25, 0.3) is 0 Å². The van der Waals surface area contributed by atoms with Crippen LogP contribution in [0, 0.1) is 0 Å². The molecular formula is C23H18BrN. The quantitative estimate of drug-likeness (QED) is 0.325. The molecule has 0 fully saturated rings. The first kappa shape index (κ1) is 15.9. The van der Waals surface area contributed by atoms with E-state index in [4.69, 9.17) is 0 Å². The van der Waals surface area contributed by atoms with E-state index in [1.165, 1.54) is 32.9 Å². The monoisotopic (exact) mass is 387 g/mol. The summed E-state index contributed by atoms with van der Waals surface area (Å²) in [6.45, 7) is 6.03. The van der Waals surface area contributed by atoms with Gasteiger partial charge in [0.1, 0.15) is 0 Å². The van der Waals surface area contributed by atoms with Crippen molar-refractivity contribution in [1.82, 2.24) is 4.57 Å². The Bertz CT molecular complexity index is 1110. The van der Waals surface area contributed by atoms with E-state index < -0.39 is 0 Å². The van der Waals surface area contributed by atoms with Crippen LogP contribution < -0.4 is 0 Å². The molecule has 0 N–H and O–H groups in total. The topological polar surface area (TPSA) is 4.93 Å². The predicted octanol–water partition coefficient (Wildman–Crippen LogP) is 7.27. The van der Waals surface area contributed by atoms with Crippen LogP contribution in [0.2, 0.25) is 0 Å². The molecule has 0 spiro atoms. The number of fused-ring (bicyclic) bond motifs is 3. The number of halogens is 1. The maximum atomic E-state index is 3.98. The second kappa shape index (κ2) is 6.38. The van der Waals surface area contributed by atoms with Gasteiger partial charge >= 0.3 is 0 Å². The summed E-state index contributed by atoms with van der Waals surface area (Å²) in [5, 5.41) is 2.52. The third-order valence-corrected chi connectivity index (χ3v) is 5.14. The second-order valence-electron chi connectivity index (χ2n) is 6.01. The van der Waals surface area contributed by atoms with E-state index in [9.17, 15) is 0 Å². The number of benzene rings is 3. The van der Waals surface area contributed by atoms with Gasteiger partial charge in [-0.15, -0.1) is 0 Å². The Labute approximate surface area is 156 Å². The van der Waals surface area contributed by atoms with Gasteiger partial charge in [-0.05, 0) is 54.5 Å². The SMILES string of the molecule is C=C/C(=C\C)n1c2ccccc2c2cc(-c3ccc(Br)cc3)ccc21. The summed E-state index contributed by atoms with van der Waals surface area (Å²) < 4.78 is 3.38. The first-order chi connectivity index (χ1) is 12.2. The smallest absolute Gasteiger partial charge is 0.0541 e. The highest BCUT2D eigenvalue weighted by Gasteiger charge is 2.12. The lowest BCUT2D eigenvalue weighted by Gasteiger charge is -2.08. The van der Waals surface area contributed by atoms with Gasteiger partial charge in [0.05, 0.1) is 11.0 Å². The highest BCUT2D eigenvalue weighted by atomic mass is 79.9. The summed E-state index contributed by atoms with van der Waals surface area (Å²) in [5.74, 6) is 0. The van der Waals surface area contributed by atoms with Gasteiger partial charge in [-0.1, -0.05) is 65.0 Å². The minimum absolute atomic E-state index is 1.10. The summed E-state index contributed by atoms with van der Waals surface area (Å²) in [5.41, 5.74) is 5.96. The summed E-state index contributed by atoms with van der Waals surface area (Å²) >= 11 is 3.51. The average molecular weight is 388 g/mol. The minimum Gasteiger partial charge on any atom is -0.310 e. The molecule has 0 aliphatic rings. The van der Waals surface area contributed by atoms with Crippen LogP contribution in [-0.2, 0) is 0 Å². The molecule has 0 bridgehead atoms. The van der Waals surface area contributed by atoms with Crippen LogP contribution in [0.15, 0.2) is 89.9 Å². The molecule has 0 saturated heterocycles. The zero-order valence-corrected chi connectivity index (χ0v) is 15.6. The molecule has 3 aromatic carbocycles. The van der Waals surface area contributed by atoms with Crippen molar-refractivity contribution in [2.45, 2.75) is 6.92 Å². The van der Waals surface area contributed by atoms with Crippen molar-refractivity contribution in [1.29, 1.82) is 0 Å². The molecule has 0 unspecified atom stereocenters. The molecule has 122 valence electrons. The molecular weight excluding hydrogens is 370 g/mol. The van der Waals surface area contributed by atoms with Gasteiger partial charge in [0.2, 0.25) is 0 Å². The Morgan fingerprint density at radius 2 is 1.56 bits per heavy atom. The first-order valence-corrected chi connectivity index (χ1v) is 9.10. The zero-order valence-electron chi connectivity index (χ0n) is 14.0. The molecule has 0 saturated carbocycles. The van der Waals surface area contributed by atoms with E-state index in [-0.39, 0.29) is 0 Å². The average Bonchev–Trinajstić information content (AvgIpc) is 2.98. The summed E-state index contributed by atoms with van der Waals surface area (Å²) in [6.07, 6.45) is 4.01. The summed E-state index contributed by atoms with van der Waals surface area (Å²) in [7, 11) is 0. The van der Waals surface area contributed by atoms with Crippen molar-refractivity contribution >= 4 is 43.4 Å². The van der Waals surface area contributed by atoms with Gasteiger partial charge in [-0.2, -0.15) is 0 Å². The highest BCUT2D eigenvalue weighted by molar-refractivity contribution is 9.10. The molecule has 0 amide bonds. The van der Waals surface area contributed by atoms with Crippen molar-refractivity contribution in [2.24, 2.45) is 0 Å². The number of hydrogen-bond donors (Lipinski definition) is 0. The van der Waals surface area contributed by atoms with E-state index in [1.54, 1.807) is 0 Å². The maximum Gasteiger partial charge on any atom is 0.0541 e. The van der Waals surface area contributed by atoms with Crippen molar-refractivity contribution in [3.63, 3.8) is 0 Å². The number of aromatic nitrogens is 1. The zero-order chi connectivity index (χ0) is 17.4. The second-order valence-corrected chi connectivity index (χ2v) is 6.92. The predicted molar refractivity (Wildman–Crippen MR) is 113 cm³/mol. The molecule has 1 heterocycles. The lowest BCUT2D eigenvalue weighted by Crippen LogP contribution is -1.93. The molecule has 25 heavy (non-hydrogen) atoms. The van der Waals surface area contributed by atoms with Gasteiger partial charge in [-0.3, -0.25) is 0 Å². The lowest BCUT2D eigenvalue weighted by atomic mass is 10.0. The largest absolute Gasteiger partial charge is 0.310 e. The molecule has 4 aromatic rings. The van der Waals surface area contributed by atoms with Crippen LogP contribution in [-0.4, -0.2) is 4.57 Å². The third-order valence-electron chi connectivity index (χ3n) is 4.61. The van der Waals surface area contributed by atoms with Crippen molar-refractivity contribution in [3.05, 3.63) is 89.9 Å². The van der Waals surface area contributed by atoms with Crippen molar-refractivity contribution < 1.29 is 0 Å². The number of rotatable bonds is 3. The fraction of sp³-hybridized carbons (Fsp3) is 0.0435. The Hall–Kier alpha value is -2.58.